The predicted octanol–water partition coefficient (Wildman–Crippen LogP) is 4.61. The molecule has 2 amide bonds. The number of carbonyl (C=O) groups is 1. The van der Waals surface area contributed by atoms with Gasteiger partial charge in [-0.15, -0.1) is 0 Å². The topological polar surface area (TPSA) is 67.2 Å². The number of amides is 2. The van der Waals surface area contributed by atoms with Crippen molar-refractivity contribution in [1.29, 1.82) is 0 Å². The Kier molecular flexibility index (Phi) is 5.30. The fourth-order valence-electron chi connectivity index (χ4n) is 1.92. The number of urea groups is 1. The fourth-order valence-corrected chi connectivity index (χ4v) is 2.95. The monoisotopic (exact) mass is 415 g/mol. The highest BCUT2D eigenvalue weighted by molar-refractivity contribution is 14.1. The highest BCUT2D eigenvalue weighted by Crippen LogP contribution is 2.26. The van der Waals surface area contributed by atoms with Crippen LogP contribution in [0.15, 0.2) is 42.5 Å². The molecule has 110 valence electrons. The van der Waals surface area contributed by atoms with Gasteiger partial charge in [-0.1, -0.05) is 23.7 Å². The van der Waals surface area contributed by atoms with Gasteiger partial charge in [-0.05, 0) is 65.4 Å². The largest absolute Gasteiger partial charge is 0.378 e. The minimum absolute atomic E-state index is 0.127. The molecule has 0 spiro atoms. The van der Waals surface area contributed by atoms with Gasteiger partial charge in [-0.2, -0.15) is 0 Å². The van der Waals surface area contributed by atoms with Gasteiger partial charge in [-0.25, -0.2) is 4.79 Å². The van der Waals surface area contributed by atoms with Gasteiger partial charge >= 0.3 is 6.03 Å². The van der Waals surface area contributed by atoms with Gasteiger partial charge in [-0.3, -0.25) is 0 Å². The molecule has 0 aliphatic heterocycles. The number of nitrogens with two attached hydrogens (primary N) is 1. The van der Waals surface area contributed by atoms with Crippen molar-refractivity contribution >= 4 is 51.6 Å². The smallest absolute Gasteiger partial charge is 0.316 e. The lowest BCUT2D eigenvalue weighted by atomic mass is 10.1. The highest BCUT2D eigenvalue weighted by atomic mass is 127. The average Bonchev–Trinajstić information content (AvgIpc) is 2.42. The van der Waals surface area contributed by atoms with Crippen LogP contribution in [0.4, 0.5) is 16.2 Å². The zero-order valence-electron chi connectivity index (χ0n) is 11.4. The number of nitrogens with one attached hydrogen (secondary N) is 2. The first kappa shape index (κ1) is 15.9. The predicted molar refractivity (Wildman–Crippen MR) is 95.9 cm³/mol. The second kappa shape index (κ2) is 7.00. The molecule has 0 aromatic heterocycles. The fraction of sp³-hybridized carbons (Fsp3) is 0.133. The van der Waals surface area contributed by atoms with E-state index in [2.05, 4.69) is 40.1 Å². The van der Waals surface area contributed by atoms with Crippen LogP contribution in [0.3, 0.4) is 0 Å². The Hall–Kier alpha value is -1.47. The summed E-state index contributed by atoms with van der Waals surface area (Å²) in [5.41, 5.74) is 7.90. The van der Waals surface area contributed by atoms with Crippen molar-refractivity contribution in [1.82, 2.24) is 0 Å². The minimum Gasteiger partial charge on any atom is -0.378 e. The number of benzene rings is 2. The van der Waals surface area contributed by atoms with E-state index >= 15 is 0 Å². The number of carbonyl (C=O) groups excluding carboxylic acids is 1. The van der Waals surface area contributed by atoms with Crippen molar-refractivity contribution in [3.63, 3.8) is 0 Å². The lowest BCUT2D eigenvalue weighted by Gasteiger charge is -2.17. The molecule has 0 bridgehead atoms. The second-order valence-electron chi connectivity index (χ2n) is 4.60. The summed E-state index contributed by atoms with van der Waals surface area (Å²) < 4.78 is 1.07. The van der Waals surface area contributed by atoms with Crippen LogP contribution in [0.25, 0.3) is 0 Å². The van der Waals surface area contributed by atoms with Crippen molar-refractivity contribution in [2.45, 2.75) is 13.0 Å². The van der Waals surface area contributed by atoms with E-state index in [9.17, 15) is 4.79 Å². The summed E-state index contributed by atoms with van der Waals surface area (Å²) in [4.78, 5) is 10.8. The molecular weight excluding hydrogens is 401 g/mol. The van der Waals surface area contributed by atoms with Crippen molar-refractivity contribution < 1.29 is 4.79 Å². The zero-order chi connectivity index (χ0) is 15.4. The number of halogens is 2. The van der Waals surface area contributed by atoms with E-state index in [1.807, 2.05) is 42.5 Å². The maximum absolute atomic E-state index is 10.8. The van der Waals surface area contributed by atoms with Gasteiger partial charge in [0.1, 0.15) is 0 Å². The summed E-state index contributed by atoms with van der Waals surface area (Å²) in [6.07, 6.45) is 0. The molecule has 21 heavy (non-hydrogen) atoms. The van der Waals surface area contributed by atoms with Gasteiger partial charge in [0.25, 0.3) is 0 Å². The standard InChI is InChI=1S/C15H15ClIN3O/c1-9(19-14-7-4-11(16)8-13(14)17)10-2-5-12(6-3-10)20-15(18)21/h2-9,19H,1H3,(H3,18,20,21). The van der Waals surface area contributed by atoms with E-state index in [1.54, 1.807) is 0 Å². The molecule has 0 radical (unpaired) electrons. The van der Waals surface area contributed by atoms with Gasteiger partial charge in [0.05, 0.1) is 0 Å². The molecular formula is C15H15ClIN3O. The summed E-state index contributed by atoms with van der Waals surface area (Å²) in [6, 6.07) is 12.8. The molecule has 1 unspecified atom stereocenters. The third kappa shape index (κ3) is 4.50. The number of anilines is 2. The van der Waals surface area contributed by atoms with Crippen molar-refractivity contribution in [2.24, 2.45) is 5.73 Å². The molecule has 2 aromatic carbocycles. The van der Waals surface area contributed by atoms with E-state index in [0.29, 0.717) is 5.69 Å². The van der Waals surface area contributed by atoms with E-state index in [4.69, 9.17) is 17.3 Å². The van der Waals surface area contributed by atoms with Crippen LogP contribution in [0.1, 0.15) is 18.5 Å². The Morgan fingerprint density at radius 2 is 1.90 bits per heavy atom. The van der Waals surface area contributed by atoms with Crippen molar-refractivity contribution in [2.75, 3.05) is 10.6 Å². The number of rotatable bonds is 4. The molecule has 2 aromatic rings. The molecule has 0 saturated heterocycles. The summed E-state index contributed by atoms with van der Waals surface area (Å²) in [7, 11) is 0. The van der Waals surface area contributed by atoms with E-state index < -0.39 is 6.03 Å². The van der Waals surface area contributed by atoms with Gasteiger partial charge in [0, 0.05) is 26.0 Å². The molecule has 0 fully saturated rings. The normalized spacial score (nSPS) is 11.8. The molecule has 0 heterocycles. The third-order valence-corrected chi connectivity index (χ3v) is 4.11. The zero-order valence-corrected chi connectivity index (χ0v) is 14.3. The first-order chi connectivity index (χ1) is 9.95. The lowest BCUT2D eigenvalue weighted by molar-refractivity contribution is 0.259. The number of primary amides is 1. The second-order valence-corrected chi connectivity index (χ2v) is 6.20. The van der Waals surface area contributed by atoms with Gasteiger partial charge in [0.15, 0.2) is 0 Å². The summed E-state index contributed by atoms with van der Waals surface area (Å²) in [6.45, 7) is 2.07. The van der Waals surface area contributed by atoms with E-state index in [-0.39, 0.29) is 6.04 Å². The maximum atomic E-state index is 10.8. The lowest BCUT2D eigenvalue weighted by Crippen LogP contribution is -2.19. The number of hydrogen-bond acceptors (Lipinski definition) is 2. The van der Waals surface area contributed by atoms with E-state index in [0.717, 1.165) is 19.8 Å². The number of hydrogen-bond donors (Lipinski definition) is 3. The molecule has 0 saturated carbocycles. The molecule has 4 nitrogen and oxygen atoms in total. The molecule has 6 heteroatoms. The molecule has 0 aliphatic carbocycles. The first-order valence-electron chi connectivity index (χ1n) is 6.33. The highest BCUT2D eigenvalue weighted by Gasteiger charge is 2.08. The molecule has 0 aliphatic rings. The van der Waals surface area contributed by atoms with Gasteiger partial charge < -0.3 is 16.4 Å². The van der Waals surface area contributed by atoms with Crippen molar-refractivity contribution in [3.8, 4) is 0 Å². The Balaban J connectivity index is 2.09. The SMILES string of the molecule is CC(Nc1ccc(Cl)cc1I)c1ccc(NC(N)=O)cc1. The van der Waals surface area contributed by atoms with Crippen LogP contribution < -0.4 is 16.4 Å². The third-order valence-electron chi connectivity index (χ3n) is 2.98. The van der Waals surface area contributed by atoms with Crippen LogP contribution >= 0.6 is 34.2 Å². The van der Waals surface area contributed by atoms with Crippen LogP contribution in [-0.4, -0.2) is 6.03 Å². The Bertz CT molecular complexity index is 646. The van der Waals surface area contributed by atoms with Crippen LogP contribution in [0.5, 0.6) is 0 Å². The van der Waals surface area contributed by atoms with Crippen molar-refractivity contribution in [3.05, 3.63) is 56.6 Å². The first-order valence-corrected chi connectivity index (χ1v) is 7.79. The Morgan fingerprint density at radius 1 is 1.24 bits per heavy atom. The molecule has 1 atom stereocenters. The average molecular weight is 416 g/mol. The Labute approximate surface area is 142 Å². The molecule has 4 N–H and O–H groups in total. The Morgan fingerprint density at radius 3 is 2.48 bits per heavy atom. The van der Waals surface area contributed by atoms with E-state index in [1.165, 1.54) is 0 Å². The van der Waals surface area contributed by atoms with Crippen LogP contribution in [0.2, 0.25) is 5.02 Å². The maximum Gasteiger partial charge on any atom is 0.316 e. The van der Waals surface area contributed by atoms with Crippen LogP contribution in [0, 0.1) is 3.57 Å². The summed E-state index contributed by atoms with van der Waals surface area (Å²) in [5, 5.41) is 6.70. The van der Waals surface area contributed by atoms with Gasteiger partial charge in [0.2, 0.25) is 0 Å². The quantitative estimate of drug-likeness (QED) is 0.639. The van der Waals surface area contributed by atoms with Crippen LogP contribution in [-0.2, 0) is 0 Å². The summed E-state index contributed by atoms with van der Waals surface area (Å²) in [5.74, 6) is 0. The summed E-state index contributed by atoms with van der Waals surface area (Å²) >= 11 is 8.20. The molecule has 2 rings (SSSR count). The minimum atomic E-state index is -0.565.